The molecule has 0 N–H and O–H groups in total. The summed E-state index contributed by atoms with van der Waals surface area (Å²) in [6.07, 6.45) is 0. The number of halogens is 2. The maximum absolute atomic E-state index is 6.14. The molecule has 0 atom stereocenters. The van der Waals surface area contributed by atoms with Gasteiger partial charge < -0.3 is 0 Å². The molecule has 0 bridgehead atoms. The predicted octanol–water partition coefficient (Wildman–Crippen LogP) is 5.64. The lowest BCUT2D eigenvalue weighted by molar-refractivity contribution is 1.32. The van der Waals surface area contributed by atoms with Gasteiger partial charge in [0.1, 0.15) is 0 Å². The van der Waals surface area contributed by atoms with Gasteiger partial charge in [-0.3, -0.25) is 0 Å². The molecule has 0 aliphatic carbocycles. The molecule has 0 saturated heterocycles. The van der Waals surface area contributed by atoms with Gasteiger partial charge in [-0.05, 0) is 39.2 Å². The fourth-order valence-corrected chi connectivity index (χ4v) is 2.94. The average molecular weight is 364 g/mol. The van der Waals surface area contributed by atoms with Gasteiger partial charge in [-0.1, -0.05) is 29.8 Å². The first-order chi connectivity index (χ1) is 8.02. The zero-order valence-electron chi connectivity index (χ0n) is 8.48. The number of benzene rings is 2. The molecule has 0 spiro atoms. The maximum atomic E-state index is 6.14. The summed E-state index contributed by atoms with van der Waals surface area (Å²) >= 11 is 22.8. The Morgan fingerprint density at radius 1 is 0.882 bits per heavy atom. The lowest BCUT2D eigenvalue weighted by Crippen LogP contribution is -1.85. The second kappa shape index (κ2) is 5.49. The molecule has 2 aromatic rings. The third kappa shape index (κ3) is 2.66. The third-order valence-corrected chi connectivity index (χ3v) is 5.39. The Kier molecular flexibility index (Phi) is 4.42. The molecule has 2 rings (SSSR count). The first-order valence-electron chi connectivity index (χ1n) is 4.70. The summed E-state index contributed by atoms with van der Waals surface area (Å²) in [6.45, 7) is 0. The normalized spacial score (nSPS) is 10.6. The van der Waals surface area contributed by atoms with E-state index in [-0.39, 0.29) is 0 Å². The van der Waals surface area contributed by atoms with Crippen LogP contribution in [-0.4, -0.2) is 0 Å². The monoisotopic (exact) mass is 362 g/mol. The lowest BCUT2D eigenvalue weighted by atomic mass is 10.1. The first kappa shape index (κ1) is 13.7. The summed E-state index contributed by atoms with van der Waals surface area (Å²) < 4.78 is 0.932. The van der Waals surface area contributed by atoms with E-state index in [1.165, 1.54) is 0 Å². The van der Waals surface area contributed by atoms with Crippen LogP contribution in [0.4, 0.5) is 0 Å². The molecule has 88 valence electrons. The van der Waals surface area contributed by atoms with Gasteiger partial charge in [0.25, 0.3) is 0 Å². The molecule has 2 aromatic carbocycles. The predicted molar refractivity (Wildman–Crippen MR) is 86.3 cm³/mol. The van der Waals surface area contributed by atoms with E-state index in [4.69, 9.17) is 11.6 Å². The fraction of sp³-hybridized carbons (Fsp3) is 0. The van der Waals surface area contributed by atoms with Gasteiger partial charge in [0, 0.05) is 19.2 Å². The second-order valence-electron chi connectivity index (χ2n) is 3.43. The highest BCUT2D eigenvalue weighted by molar-refractivity contribution is 9.10. The number of hydrogen-bond acceptors (Lipinski definition) is 3. The summed E-state index contributed by atoms with van der Waals surface area (Å²) in [4.78, 5) is 2.32. The molecular formula is C12H8BrClS3. The molecular weight excluding hydrogens is 356 g/mol. The largest absolute Gasteiger partial charge is 0.142 e. The second-order valence-corrected chi connectivity index (χ2v) is 6.02. The molecule has 17 heavy (non-hydrogen) atoms. The number of rotatable bonds is 1. The van der Waals surface area contributed by atoms with Crippen LogP contribution in [-0.2, 0) is 0 Å². The van der Waals surface area contributed by atoms with E-state index < -0.39 is 0 Å². The highest BCUT2D eigenvalue weighted by Gasteiger charge is 2.12. The Bertz CT molecular complexity index is 584. The molecule has 0 fully saturated rings. The maximum Gasteiger partial charge on any atom is 0.0678 e. The van der Waals surface area contributed by atoms with Crippen molar-refractivity contribution in [1.82, 2.24) is 0 Å². The first-order valence-corrected chi connectivity index (χ1v) is 7.22. The van der Waals surface area contributed by atoms with Crippen molar-refractivity contribution >= 4 is 65.4 Å². The van der Waals surface area contributed by atoms with Crippen molar-refractivity contribution in [2.45, 2.75) is 14.7 Å². The molecule has 0 unspecified atom stereocenters. The number of hydrogen-bond donors (Lipinski definition) is 3. The van der Waals surface area contributed by atoms with Crippen LogP contribution in [0.2, 0.25) is 5.02 Å². The molecule has 0 aromatic heterocycles. The van der Waals surface area contributed by atoms with E-state index in [9.17, 15) is 0 Å². The van der Waals surface area contributed by atoms with E-state index in [0.717, 1.165) is 30.3 Å². The van der Waals surface area contributed by atoms with Gasteiger partial charge >= 0.3 is 0 Å². The summed E-state index contributed by atoms with van der Waals surface area (Å²) in [5, 5.41) is 0.561. The summed E-state index contributed by atoms with van der Waals surface area (Å²) in [5.74, 6) is 0. The smallest absolute Gasteiger partial charge is 0.0678 e. The van der Waals surface area contributed by atoms with Gasteiger partial charge in [-0.2, -0.15) is 0 Å². The Hall–Kier alpha value is 0.260. The van der Waals surface area contributed by atoms with Gasteiger partial charge in [0.05, 0.1) is 5.02 Å². The van der Waals surface area contributed by atoms with Crippen molar-refractivity contribution in [3.63, 3.8) is 0 Å². The van der Waals surface area contributed by atoms with E-state index >= 15 is 0 Å². The minimum atomic E-state index is 0.561. The van der Waals surface area contributed by atoms with Crippen molar-refractivity contribution in [2.75, 3.05) is 0 Å². The quantitative estimate of drug-likeness (QED) is 0.537. The van der Waals surface area contributed by atoms with Crippen LogP contribution >= 0.6 is 65.4 Å². The lowest BCUT2D eigenvalue weighted by Gasteiger charge is -2.11. The fourth-order valence-electron chi connectivity index (χ4n) is 1.50. The van der Waals surface area contributed by atoms with Crippen molar-refractivity contribution in [1.29, 1.82) is 0 Å². The van der Waals surface area contributed by atoms with Crippen LogP contribution in [0.25, 0.3) is 11.1 Å². The SMILES string of the molecule is Sc1ccc(-c2cccc(S)c2Br)c(S)c1Cl. The molecule has 0 nitrogen and oxygen atoms in total. The van der Waals surface area contributed by atoms with Crippen molar-refractivity contribution in [3.8, 4) is 11.1 Å². The summed E-state index contributed by atoms with van der Waals surface area (Å²) in [7, 11) is 0. The zero-order chi connectivity index (χ0) is 12.6. The molecule has 0 saturated carbocycles. The van der Waals surface area contributed by atoms with Crippen LogP contribution in [0.15, 0.2) is 49.5 Å². The van der Waals surface area contributed by atoms with E-state index in [1.54, 1.807) is 0 Å². The average Bonchev–Trinajstić information content (AvgIpc) is 2.31. The zero-order valence-corrected chi connectivity index (χ0v) is 13.5. The molecule has 0 aliphatic rings. The third-order valence-electron chi connectivity index (χ3n) is 2.36. The minimum Gasteiger partial charge on any atom is -0.142 e. The summed E-state index contributed by atoms with van der Waals surface area (Å²) in [5.41, 5.74) is 1.97. The van der Waals surface area contributed by atoms with E-state index in [0.29, 0.717) is 5.02 Å². The van der Waals surface area contributed by atoms with E-state index in [2.05, 4.69) is 53.8 Å². The van der Waals surface area contributed by atoms with Gasteiger partial charge in [0.2, 0.25) is 0 Å². The molecule has 0 amide bonds. The Morgan fingerprint density at radius 3 is 2.29 bits per heavy atom. The van der Waals surface area contributed by atoms with Crippen LogP contribution in [0.1, 0.15) is 0 Å². The van der Waals surface area contributed by atoms with Crippen LogP contribution in [0, 0.1) is 0 Å². The summed E-state index contributed by atoms with van der Waals surface area (Å²) in [6, 6.07) is 9.66. The van der Waals surface area contributed by atoms with Gasteiger partial charge in [-0.15, -0.1) is 37.9 Å². The van der Waals surface area contributed by atoms with Crippen LogP contribution in [0.5, 0.6) is 0 Å². The molecule has 0 aliphatic heterocycles. The van der Waals surface area contributed by atoms with Crippen molar-refractivity contribution < 1.29 is 0 Å². The van der Waals surface area contributed by atoms with Crippen molar-refractivity contribution in [2.24, 2.45) is 0 Å². The highest BCUT2D eigenvalue weighted by Crippen LogP contribution is 2.40. The minimum absolute atomic E-state index is 0.561. The Labute approximate surface area is 130 Å². The standard InChI is InChI=1S/C12H8BrClS3/c13-10-6(2-1-3-8(10)15)7-4-5-9(16)11(14)12(7)17/h1-5,15-17H. The van der Waals surface area contributed by atoms with Crippen molar-refractivity contribution in [3.05, 3.63) is 39.8 Å². The number of thiol groups is 3. The van der Waals surface area contributed by atoms with Gasteiger partial charge in [0.15, 0.2) is 0 Å². The van der Waals surface area contributed by atoms with Crippen LogP contribution in [0.3, 0.4) is 0 Å². The Balaban J connectivity index is 2.69. The molecule has 0 heterocycles. The molecule has 0 radical (unpaired) electrons. The van der Waals surface area contributed by atoms with Crippen LogP contribution < -0.4 is 0 Å². The molecule has 5 heteroatoms. The highest BCUT2D eigenvalue weighted by atomic mass is 79.9. The van der Waals surface area contributed by atoms with Gasteiger partial charge in [-0.25, -0.2) is 0 Å². The van der Waals surface area contributed by atoms with E-state index in [1.807, 2.05) is 30.3 Å². The Morgan fingerprint density at radius 2 is 1.59 bits per heavy atom. The topological polar surface area (TPSA) is 0 Å².